The Kier molecular flexibility index (Phi) is 3.17. The van der Waals surface area contributed by atoms with Gasteiger partial charge in [0.15, 0.2) is 5.95 Å². The van der Waals surface area contributed by atoms with E-state index in [9.17, 15) is 4.79 Å². The van der Waals surface area contributed by atoms with Crippen LogP contribution in [0, 0.1) is 12.8 Å². The molecule has 0 radical (unpaired) electrons. The summed E-state index contributed by atoms with van der Waals surface area (Å²) in [7, 11) is 0. The molecule has 1 aliphatic carbocycles. The Balaban J connectivity index is 1.55. The van der Waals surface area contributed by atoms with Crippen LogP contribution in [0.15, 0.2) is 30.3 Å². The van der Waals surface area contributed by atoms with E-state index in [0.29, 0.717) is 17.9 Å². The minimum absolute atomic E-state index is 0.195. The quantitative estimate of drug-likeness (QED) is 0.756. The molecule has 3 N–H and O–H groups in total. The molecule has 132 valence electrons. The van der Waals surface area contributed by atoms with Crippen molar-refractivity contribution >= 4 is 22.9 Å². The number of fused-ring (bicyclic) bond motifs is 2. The Morgan fingerprint density at radius 3 is 2.81 bits per heavy atom. The Labute approximate surface area is 152 Å². The van der Waals surface area contributed by atoms with Crippen LogP contribution in [0.25, 0.3) is 22.2 Å². The molecule has 2 aromatic carbocycles. The molecule has 1 aromatic heterocycles. The number of imidazole rings is 1. The first kappa shape index (κ1) is 15.4. The van der Waals surface area contributed by atoms with Crippen LogP contribution in [0.5, 0.6) is 0 Å². The van der Waals surface area contributed by atoms with E-state index >= 15 is 0 Å². The van der Waals surface area contributed by atoms with Gasteiger partial charge in [0.1, 0.15) is 0 Å². The van der Waals surface area contributed by atoms with Crippen molar-refractivity contribution in [2.45, 2.75) is 39.3 Å². The lowest BCUT2D eigenvalue weighted by Gasteiger charge is -2.24. The fraction of sp³-hybridized carbons (Fsp3) is 0.333. The van der Waals surface area contributed by atoms with E-state index in [1.807, 2.05) is 13.0 Å². The maximum atomic E-state index is 12.9. The van der Waals surface area contributed by atoms with Crippen molar-refractivity contribution in [2.24, 2.45) is 5.92 Å². The molecular weight excluding hydrogens is 324 g/mol. The average Bonchev–Trinajstić information content (AvgIpc) is 3.31. The monoisotopic (exact) mass is 346 g/mol. The van der Waals surface area contributed by atoms with Crippen LogP contribution < -0.4 is 5.73 Å². The number of aromatic amines is 1. The van der Waals surface area contributed by atoms with E-state index in [1.54, 1.807) is 0 Å². The van der Waals surface area contributed by atoms with Crippen LogP contribution >= 0.6 is 0 Å². The minimum Gasteiger partial charge on any atom is -0.369 e. The van der Waals surface area contributed by atoms with Gasteiger partial charge in [0, 0.05) is 18.2 Å². The van der Waals surface area contributed by atoms with Crippen molar-refractivity contribution in [3.05, 3.63) is 47.0 Å². The van der Waals surface area contributed by atoms with Gasteiger partial charge in [-0.3, -0.25) is 4.79 Å². The van der Waals surface area contributed by atoms with Crippen molar-refractivity contribution < 1.29 is 4.79 Å². The number of H-pyrrole nitrogens is 1. The Morgan fingerprint density at radius 1 is 1.23 bits per heavy atom. The molecule has 5 heteroatoms. The molecule has 0 bridgehead atoms. The smallest absolute Gasteiger partial charge is 0.255 e. The average molecular weight is 346 g/mol. The lowest BCUT2D eigenvalue weighted by molar-refractivity contribution is 0.0697. The molecule has 2 aliphatic rings. The van der Waals surface area contributed by atoms with Gasteiger partial charge in [0.2, 0.25) is 0 Å². The highest BCUT2D eigenvalue weighted by molar-refractivity contribution is 6.01. The van der Waals surface area contributed by atoms with Gasteiger partial charge in [-0.25, -0.2) is 4.98 Å². The molecule has 0 spiro atoms. The summed E-state index contributed by atoms with van der Waals surface area (Å²) in [6, 6.07) is 10.7. The molecule has 1 fully saturated rings. The van der Waals surface area contributed by atoms with Gasteiger partial charge in [-0.05, 0) is 73.1 Å². The van der Waals surface area contributed by atoms with Gasteiger partial charge in [-0.1, -0.05) is 12.1 Å². The van der Waals surface area contributed by atoms with Crippen molar-refractivity contribution in [3.8, 4) is 11.1 Å². The van der Waals surface area contributed by atoms with E-state index in [0.717, 1.165) is 45.4 Å². The number of benzene rings is 2. The highest BCUT2D eigenvalue weighted by Gasteiger charge is 2.39. The predicted octanol–water partition coefficient (Wildman–Crippen LogP) is 3.87. The van der Waals surface area contributed by atoms with Crippen molar-refractivity contribution in [1.82, 2.24) is 14.9 Å². The zero-order chi connectivity index (χ0) is 18.0. The Morgan fingerprint density at radius 2 is 2.04 bits per heavy atom. The third kappa shape index (κ3) is 2.30. The summed E-state index contributed by atoms with van der Waals surface area (Å²) < 4.78 is 0. The number of aryl methyl sites for hydroxylation is 1. The molecule has 1 atom stereocenters. The van der Waals surface area contributed by atoms with Crippen LogP contribution in [0.3, 0.4) is 0 Å². The normalized spacial score (nSPS) is 17.8. The van der Waals surface area contributed by atoms with Gasteiger partial charge in [0.25, 0.3) is 5.91 Å². The summed E-state index contributed by atoms with van der Waals surface area (Å²) in [5.74, 6) is 1.30. The molecule has 5 nitrogen and oxygen atoms in total. The lowest BCUT2D eigenvalue weighted by atomic mass is 9.96. The largest absolute Gasteiger partial charge is 0.369 e. The van der Waals surface area contributed by atoms with Crippen molar-refractivity contribution in [2.75, 3.05) is 5.73 Å². The lowest BCUT2D eigenvalue weighted by Crippen LogP contribution is -2.34. The summed E-state index contributed by atoms with van der Waals surface area (Å²) in [5.41, 5.74) is 12.9. The number of aromatic nitrogens is 2. The highest BCUT2D eigenvalue weighted by Crippen LogP contribution is 2.40. The predicted molar refractivity (Wildman–Crippen MR) is 103 cm³/mol. The fourth-order valence-electron chi connectivity index (χ4n) is 4.23. The van der Waals surface area contributed by atoms with Crippen molar-refractivity contribution in [3.63, 3.8) is 0 Å². The number of hydrogen-bond acceptors (Lipinski definition) is 3. The zero-order valence-corrected chi connectivity index (χ0v) is 15.0. The number of amides is 1. The molecule has 1 saturated carbocycles. The number of nitrogens with zero attached hydrogens (tertiary/aromatic N) is 2. The number of anilines is 1. The Hall–Kier alpha value is -2.82. The van der Waals surface area contributed by atoms with Crippen LogP contribution in [-0.4, -0.2) is 26.8 Å². The number of carbonyl (C=O) groups is 1. The standard InChI is InChI=1S/C21H22N4O/c1-11-7-15(14-5-6-17-18(9-14)24-21(22)23-17)8-16-10-25(20(26)19(11)16)12(2)13-3-4-13/h5-9,12-13H,3-4,10H2,1-2H3,(H3,22,23,24)/t12-/m0/s1. The summed E-state index contributed by atoms with van der Waals surface area (Å²) in [5, 5.41) is 0. The topological polar surface area (TPSA) is 75.0 Å². The maximum absolute atomic E-state index is 12.9. The number of hydrogen-bond donors (Lipinski definition) is 2. The van der Waals surface area contributed by atoms with Gasteiger partial charge in [-0.15, -0.1) is 0 Å². The first-order valence-electron chi connectivity index (χ1n) is 9.21. The third-order valence-corrected chi connectivity index (χ3v) is 5.86. The van der Waals surface area contributed by atoms with Crippen LogP contribution in [0.4, 0.5) is 5.95 Å². The number of carbonyl (C=O) groups excluding carboxylic acids is 1. The first-order valence-corrected chi connectivity index (χ1v) is 9.21. The number of rotatable bonds is 3. The van der Waals surface area contributed by atoms with Crippen LogP contribution in [0.2, 0.25) is 0 Å². The van der Waals surface area contributed by atoms with E-state index in [-0.39, 0.29) is 5.91 Å². The summed E-state index contributed by atoms with van der Waals surface area (Å²) >= 11 is 0. The second kappa shape index (κ2) is 5.34. The van der Waals surface area contributed by atoms with Gasteiger partial charge in [0.05, 0.1) is 11.0 Å². The van der Waals surface area contributed by atoms with E-state index in [1.165, 1.54) is 12.8 Å². The molecule has 2 heterocycles. The Bertz CT molecular complexity index is 1050. The SMILES string of the molecule is Cc1cc(-c2ccc3nc(N)[nH]c3c2)cc2c1C(=O)N([C@@H](C)C1CC1)C2. The maximum Gasteiger partial charge on any atom is 0.255 e. The van der Waals surface area contributed by atoms with E-state index in [2.05, 4.69) is 46.1 Å². The van der Waals surface area contributed by atoms with E-state index < -0.39 is 0 Å². The van der Waals surface area contributed by atoms with Gasteiger partial charge >= 0.3 is 0 Å². The van der Waals surface area contributed by atoms with Crippen molar-refractivity contribution in [1.29, 1.82) is 0 Å². The molecule has 1 amide bonds. The number of nitrogens with one attached hydrogen (secondary N) is 1. The summed E-state index contributed by atoms with van der Waals surface area (Å²) in [6.45, 7) is 4.95. The first-order chi connectivity index (χ1) is 12.5. The molecular formula is C21H22N4O. The van der Waals surface area contributed by atoms with Crippen LogP contribution in [-0.2, 0) is 6.54 Å². The van der Waals surface area contributed by atoms with E-state index in [4.69, 9.17) is 5.73 Å². The summed E-state index contributed by atoms with van der Waals surface area (Å²) in [4.78, 5) is 22.3. The molecule has 0 saturated heterocycles. The molecule has 1 aliphatic heterocycles. The molecule has 3 aromatic rings. The fourth-order valence-corrected chi connectivity index (χ4v) is 4.23. The van der Waals surface area contributed by atoms with Gasteiger partial charge < -0.3 is 15.6 Å². The van der Waals surface area contributed by atoms with Gasteiger partial charge in [-0.2, -0.15) is 0 Å². The third-order valence-electron chi connectivity index (χ3n) is 5.86. The minimum atomic E-state index is 0.195. The zero-order valence-electron chi connectivity index (χ0n) is 15.0. The second-order valence-electron chi connectivity index (χ2n) is 7.69. The number of nitrogens with two attached hydrogens (primary N) is 1. The number of nitrogen functional groups attached to an aromatic ring is 1. The van der Waals surface area contributed by atoms with Crippen LogP contribution in [0.1, 0.15) is 41.3 Å². The molecule has 26 heavy (non-hydrogen) atoms. The highest BCUT2D eigenvalue weighted by atomic mass is 16.2. The molecule has 0 unspecified atom stereocenters. The molecule has 5 rings (SSSR count). The second-order valence-corrected chi connectivity index (χ2v) is 7.69. The summed E-state index contributed by atoms with van der Waals surface area (Å²) in [6.07, 6.45) is 2.50.